The number of halogens is 5. The summed E-state index contributed by atoms with van der Waals surface area (Å²) in [5, 5.41) is 27.9. The fourth-order valence-corrected chi connectivity index (χ4v) is 8.42. The molecule has 0 unspecified atom stereocenters. The molecule has 6 rings (SSSR count). The van der Waals surface area contributed by atoms with Crippen molar-refractivity contribution in [3.05, 3.63) is 81.7 Å². The highest BCUT2D eigenvalue weighted by atomic mass is 35.5. The summed E-state index contributed by atoms with van der Waals surface area (Å²) in [6.07, 6.45) is -3.25. The van der Waals surface area contributed by atoms with Gasteiger partial charge in [0.05, 0.1) is 148 Å². The van der Waals surface area contributed by atoms with E-state index in [0.717, 1.165) is 5.56 Å². The van der Waals surface area contributed by atoms with Crippen molar-refractivity contribution in [3.63, 3.8) is 0 Å². The van der Waals surface area contributed by atoms with E-state index in [-0.39, 0.29) is 62.9 Å². The lowest BCUT2D eigenvalue weighted by Crippen LogP contribution is -2.45. The largest absolute Gasteiger partial charge is 0.490 e. The van der Waals surface area contributed by atoms with Crippen LogP contribution in [0.2, 0.25) is 10.3 Å². The number of rotatable bonds is 39. The number of esters is 1. The maximum absolute atomic E-state index is 13.6. The third kappa shape index (κ3) is 21.3. The molecule has 0 aliphatic carbocycles. The summed E-state index contributed by atoms with van der Waals surface area (Å²) in [5.74, 6) is 1.44. The molecule has 4 heterocycles. The predicted molar refractivity (Wildman–Crippen MR) is 277 cm³/mol. The van der Waals surface area contributed by atoms with Crippen molar-refractivity contribution >= 4 is 53.6 Å². The van der Waals surface area contributed by atoms with Gasteiger partial charge in [-0.15, -0.1) is 0 Å². The van der Waals surface area contributed by atoms with E-state index in [1.807, 2.05) is 23.1 Å². The number of anilines is 1. The number of benzene rings is 2. The fraction of sp³-hybridized carbons (Fsp3) is 0.583. The molecular formula is C48H66Cl2F3N8O18P. The lowest BCUT2D eigenvalue weighted by atomic mass is 9.91. The smallest absolute Gasteiger partial charge is 0.350 e. The zero-order valence-electron chi connectivity index (χ0n) is 43.4. The number of aliphatic hydroxyl groups is 2. The number of nitrogens with zero attached hydrogens (tertiary/aromatic N) is 6. The van der Waals surface area contributed by atoms with Crippen LogP contribution in [-0.2, 0) is 56.7 Å². The van der Waals surface area contributed by atoms with Gasteiger partial charge in [0.25, 0.3) is 0 Å². The molecule has 2 aliphatic heterocycles. The first-order valence-corrected chi connectivity index (χ1v) is 27.7. The van der Waals surface area contributed by atoms with E-state index in [0.29, 0.717) is 139 Å². The topological polar surface area (TPSA) is 328 Å². The number of aromatic nitrogens is 4. The maximum atomic E-state index is 13.6. The summed E-state index contributed by atoms with van der Waals surface area (Å²) in [4.78, 5) is 40.6. The van der Waals surface area contributed by atoms with Crippen molar-refractivity contribution in [2.45, 2.75) is 36.9 Å². The van der Waals surface area contributed by atoms with E-state index in [2.05, 4.69) is 19.8 Å². The number of hydrazine groups is 1. The Kier molecular flexibility index (Phi) is 27.0. The van der Waals surface area contributed by atoms with Crippen LogP contribution in [0.4, 0.5) is 19.0 Å². The van der Waals surface area contributed by atoms with E-state index < -0.39 is 67.7 Å². The van der Waals surface area contributed by atoms with Crippen LogP contribution in [0.15, 0.2) is 48.4 Å². The van der Waals surface area contributed by atoms with Crippen LogP contribution in [0.3, 0.4) is 0 Å². The Morgan fingerprint density at radius 2 is 1.36 bits per heavy atom. The van der Waals surface area contributed by atoms with Crippen LogP contribution in [-0.4, -0.2) is 214 Å². The summed E-state index contributed by atoms with van der Waals surface area (Å²) >= 11 is 12.9. The van der Waals surface area contributed by atoms with Gasteiger partial charge in [-0.3, -0.25) is 9.36 Å². The first-order valence-electron chi connectivity index (χ1n) is 25.1. The molecule has 2 aromatic carbocycles. The lowest BCUT2D eigenvalue weighted by Gasteiger charge is -2.40. The van der Waals surface area contributed by atoms with Crippen LogP contribution < -0.4 is 25.9 Å². The van der Waals surface area contributed by atoms with Crippen LogP contribution in [0, 0.1) is 17.5 Å². The number of carbonyl (C=O) groups is 1. The molecule has 2 aliphatic rings. The fourth-order valence-electron chi connectivity index (χ4n) is 7.67. The van der Waals surface area contributed by atoms with E-state index in [4.69, 9.17) is 96.7 Å². The molecule has 0 amide bonds. The number of carbonyl (C=O) groups excluding carboxylic acids is 1. The van der Waals surface area contributed by atoms with Crippen molar-refractivity contribution < 1.29 is 99.4 Å². The number of aliphatic hydroxyl groups excluding tert-OH is 2. The van der Waals surface area contributed by atoms with E-state index in [9.17, 15) is 32.7 Å². The van der Waals surface area contributed by atoms with Crippen molar-refractivity contribution in [3.8, 4) is 11.5 Å². The highest BCUT2D eigenvalue weighted by Gasteiger charge is 2.45. The quantitative estimate of drug-likeness (QED) is 0.00711. The second-order valence-corrected chi connectivity index (χ2v) is 20.0. The molecule has 2 saturated heterocycles. The third-order valence-electron chi connectivity index (χ3n) is 11.6. The molecule has 8 N–H and O–H groups in total. The van der Waals surface area contributed by atoms with Gasteiger partial charge in [-0.25, -0.2) is 23.7 Å². The Morgan fingerprint density at radius 3 is 1.96 bits per heavy atom. The first kappa shape index (κ1) is 64.6. The van der Waals surface area contributed by atoms with Crippen LogP contribution in [0.5, 0.6) is 11.5 Å². The minimum Gasteiger partial charge on any atom is -0.490 e. The van der Waals surface area contributed by atoms with E-state index in [1.165, 1.54) is 15.9 Å². The third-order valence-corrected chi connectivity index (χ3v) is 12.6. The molecule has 2 aromatic heterocycles. The van der Waals surface area contributed by atoms with Crippen LogP contribution in [0.25, 0.3) is 11.0 Å². The van der Waals surface area contributed by atoms with Crippen molar-refractivity contribution in [2.75, 3.05) is 150 Å². The van der Waals surface area contributed by atoms with E-state index in [1.54, 1.807) is 6.20 Å². The molecular weight excluding hydrogens is 1140 g/mol. The monoisotopic (exact) mass is 1200 g/mol. The van der Waals surface area contributed by atoms with Gasteiger partial charge in [0, 0.05) is 37.3 Å². The highest BCUT2D eigenvalue weighted by molar-refractivity contribution is 7.51. The van der Waals surface area contributed by atoms with Gasteiger partial charge >= 0.3 is 13.6 Å². The van der Waals surface area contributed by atoms with Crippen LogP contribution in [0.1, 0.15) is 24.1 Å². The summed E-state index contributed by atoms with van der Waals surface area (Å²) in [6, 6.07) is 6.44. The van der Waals surface area contributed by atoms with Gasteiger partial charge in [-0.2, -0.15) is 15.1 Å². The van der Waals surface area contributed by atoms with Gasteiger partial charge in [-0.1, -0.05) is 17.7 Å². The molecule has 26 nitrogen and oxygen atoms in total. The van der Waals surface area contributed by atoms with Gasteiger partial charge in [0.15, 0.2) is 23.5 Å². The van der Waals surface area contributed by atoms with Gasteiger partial charge in [0.1, 0.15) is 48.7 Å². The minimum absolute atomic E-state index is 0.0657. The Morgan fingerprint density at radius 1 is 0.787 bits per heavy atom. The summed E-state index contributed by atoms with van der Waals surface area (Å²) < 4.78 is 118. The van der Waals surface area contributed by atoms with Gasteiger partial charge in [-0.05, 0) is 29.3 Å². The molecule has 2 fully saturated rings. The summed E-state index contributed by atoms with van der Waals surface area (Å²) in [6.45, 7) is 5.95. The zero-order chi connectivity index (χ0) is 57.4. The van der Waals surface area contributed by atoms with Crippen molar-refractivity contribution in [2.24, 2.45) is 11.6 Å². The molecule has 32 heteroatoms. The van der Waals surface area contributed by atoms with Crippen molar-refractivity contribution in [1.82, 2.24) is 24.8 Å². The lowest BCUT2D eigenvalue weighted by molar-refractivity contribution is -0.136. The number of ether oxygens (including phenoxy) is 12. The molecule has 4 atom stereocenters. The molecule has 0 radical (unpaired) electrons. The minimum atomic E-state index is -4.44. The number of nitrogens with two attached hydrogens (primary N) is 2. The molecule has 80 heavy (non-hydrogen) atoms. The Balaban J connectivity index is 0.706. The maximum Gasteiger partial charge on any atom is 0.350 e. The summed E-state index contributed by atoms with van der Waals surface area (Å²) in [7, 11) is -4.44. The Hall–Kier alpha value is -4.60. The highest BCUT2D eigenvalue weighted by Crippen LogP contribution is 2.40. The number of fused-ring (bicyclic) bond motifs is 1. The zero-order valence-corrected chi connectivity index (χ0v) is 45.8. The summed E-state index contributed by atoms with van der Waals surface area (Å²) in [5.41, 5.74) is 7.66. The van der Waals surface area contributed by atoms with E-state index >= 15 is 0 Å². The second-order valence-electron chi connectivity index (χ2n) is 17.7. The standard InChI is InChI=1S/C48H66Cl2F3N8O18P/c49-36-21-31(32-25-59(26-32)45-35-24-56-61(46(35)58-48(50)57-45)47-43(64)42(63)40(78-47)29-76-30-80(65,66)67)1-2-39(36)77-20-19-74-16-15-72-13-14-73-17-18-75-28-34(54)27-60(55)4-6-69-8-10-71-12-11-70-9-7-68-5-3-41(62)79-44-37(52)22-33(51)23-38(44)53/h1-2,21-24,27,32,40,42-43,47,63-64H,3-20,25-26,28-30,54-55H2,(H2,65,66,67)/b34-27-/t40-,42-,43-,47-/m1/s1. The van der Waals surface area contributed by atoms with Crippen LogP contribution >= 0.6 is 30.8 Å². The first-order chi connectivity index (χ1) is 38.5. The molecule has 0 bridgehead atoms. The molecule has 4 aromatic rings. The normalized spacial score (nSPS) is 17.9. The predicted octanol–water partition coefficient (Wildman–Crippen LogP) is 2.41. The number of hydrogen-bond donors (Lipinski definition) is 6. The van der Waals surface area contributed by atoms with Crippen molar-refractivity contribution in [1.29, 1.82) is 0 Å². The molecule has 446 valence electrons. The van der Waals surface area contributed by atoms with Gasteiger partial charge in [0.2, 0.25) is 11.0 Å². The number of hydrogen-bond acceptors (Lipinski definition) is 23. The Labute approximate surface area is 467 Å². The average Bonchev–Trinajstić information content (AvgIpc) is 3.94. The van der Waals surface area contributed by atoms with Gasteiger partial charge < -0.3 is 92.5 Å². The molecule has 0 spiro atoms. The second kappa shape index (κ2) is 33.5. The SMILES string of the molecule is N/C(=C\N(N)CCOCCOCCOCCOCCC(=O)Oc1c(F)cc(F)cc1F)COCCOCCOCCOCCOc1ccc(C2CN(c3nc(Cl)nc4c3cnn4[C@@H]3O[C@H](COCP(=O)(O)O)[C@@H](O)[C@H]3O)C2)cc1Cl. The Bertz CT molecular complexity index is 2610. The average molecular weight is 1200 g/mol. The molecule has 0 saturated carbocycles.